The van der Waals surface area contributed by atoms with Crippen LogP contribution >= 0.6 is 0 Å². The number of nitrogens with two attached hydrogens (primary N) is 1. The summed E-state index contributed by atoms with van der Waals surface area (Å²) in [7, 11) is 0. The summed E-state index contributed by atoms with van der Waals surface area (Å²) >= 11 is 0. The van der Waals surface area contributed by atoms with E-state index < -0.39 is 0 Å². The molecule has 3 rings (SSSR count). The Morgan fingerprint density at radius 2 is 2.22 bits per heavy atom. The van der Waals surface area contributed by atoms with Crippen LogP contribution in [0.25, 0.3) is 0 Å². The zero-order chi connectivity index (χ0) is 12.5. The van der Waals surface area contributed by atoms with Crippen molar-refractivity contribution >= 4 is 17.6 Å². The highest BCUT2D eigenvalue weighted by Crippen LogP contribution is 2.28. The maximum Gasteiger partial charge on any atom is 0.223 e. The predicted molar refractivity (Wildman–Crippen MR) is 70.5 cm³/mol. The van der Waals surface area contributed by atoms with Crippen molar-refractivity contribution in [2.45, 2.75) is 37.8 Å². The van der Waals surface area contributed by atoms with E-state index in [4.69, 9.17) is 5.73 Å². The first-order valence-corrected chi connectivity index (χ1v) is 6.55. The fourth-order valence-corrected chi connectivity index (χ4v) is 2.44. The molecule has 0 radical (unpaired) electrons. The summed E-state index contributed by atoms with van der Waals surface area (Å²) in [5, 5.41) is 12.7. The van der Waals surface area contributed by atoms with Crippen molar-refractivity contribution in [3.05, 3.63) is 6.07 Å². The van der Waals surface area contributed by atoms with Gasteiger partial charge in [0.25, 0.3) is 0 Å². The highest BCUT2D eigenvalue weighted by molar-refractivity contribution is 5.54. The lowest BCUT2D eigenvalue weighted by Gasteiger charge is -2.24. The zero-order valence-electron chi connectivity index (χ0n) is 10.3. The minimum absolute atomic E-state index is 0.160. The average Bonchev–Trinajstić information content (AvgIpc) is 3.03. The number of hydrogen-bond acceptors (Lipinski definition) is 6. The van der Waals surface area contributed by atoms with Crippen molar-refractivity contribution in [1.29, 1.82) is 0 Å². The normalized spacial score (nSPS) is 23.4. The summed E-state index contributed by atoms with van der Waals surface area (Å²) in [6, 6.07) is 2.63. The fraction of sp³-hybridized carbons (Fsp3) is 0.667. The van der Waals surface area contributed by atoms with Gasteiger partial charge in [-0.25, -0.2) is 0 Å². The minimum Gasteiger partial charge on any atom is -0.394 e. The molecule has 4 N–H and O–H groups in total. The summed E-state index contributed by atoms with van der Waals surface area (Å²) in [5.74, 6) is 1.91. The van der Waals surface area contributed by atoms with Crippen molar-refractivity contribution in [3.8, 4) is 0 Å². The lowest BCUT2D eigenvalue weighted by Crippen LogP contribution is -2.33. The van der Waals surface area contributed by atoms with Crippen LogP contribution in [0, 0.1) is 0 Å². The number of rotatable bonds is 4. The SMILES string of the molecule is Nc1nc(NC2CC2)cc(N2CCCC2CO)n1. The van der Waals surface area contributed by atoms with Gasteiger partial charge in [-0.1, -0.05) is 0 Å². The Kier molecular flexibility index (Phi) is 2.95. The van der Waals surface area contributed by atoms with Gasteiger partial charge in [0.05, 0.1) is 12.6 Å². The molecule has 98 valence electrons. The van der Waals surface area contributed by atoms with Crippen LogP contribution in [-0.2, 0) is 0 Å². The number of aromatic nitrogens is 2. The van der Waals surface area contributed by atoms with E-state index in [9.17, 15) is 5.11 Å². The van der Waals surface area contributed by atoms with E-state index in [2.05, 4.69) is 20.2 Å². The first-order valence-electron chi connectivity index (χ1n) is 6.55. The monoisotopic (exact) mass is 249 g/mol. The molecule has 2 aliphatic rings. The van der Waals surface area contributed by atoms with Crippen LogP contribution in [0.2, 0.25) is 0 Å². The molecule has 0 spiro atoms. The van der Waals surface area contributed by atoms with Gasteiger partial charge in [-0.15, -0.1) is 0 Å². The first kappa shape index (κ1) is 11.5. The third-order valence-electron chi connectivity index (χ3n) is 3.54. The number of nitrogens with one attached hydrogen (secondary N) is 1. The molecule has 18 heavy (non-hydrogen) atoms. The third kappa shape index (κ3) is 2.33. The fourth-order valence-electron chi connectivity index (χ4n) is 2.44. The van der Waals surface area contributed by atoms with Crippen LogP contribution in [0.3, 0.4) is 0 Å². The standard InChI is InChI=1S/C12H19N5O/c13-12-15-10(14-8-3-4-8)6-11(16-12)17-5-1-2-9(17)7-18/h6,8-9,18H,1-5,7H2,(H3,13,14,15,16). The molecular weight excluding hydrogens is 230 g/mol. The molecule has 1 saturated heterocycles. The Bertz CT molecular complexity index is 434. The molecule has 2 heterocycles. The van der Waals surface area contributed by atoms with Gasteiger partial charge in [-0.3, -0.25) is 0 Å². The molecule has 1 aliphatic carbocycles. The molecule has 2 fully saturated rings. The van der Waals surface area contributed by atoms with Gasteiger partial charge < -0.3 is 21.1 Å². The first-order chi connectivity index (χ1) is 8.76. The Hall–Kier alpha value is -1.56. The molecule has 1 aliphatic heterocycles. The maximum absolute atomic E-state index is 9.36. The van der Waals surface area contributed by atoms with Crippen LogP contribution in [0.4, 0.5) is 17.6 Å². The maximum atomic E-state index is 9.36. The second-order valence-corrected chi connectivity index (χ2v) is 5.06. The van der Waals surface area contributed by atoms with Gasteiger partial charge in [-0.05, 0) is 25.7 Å². The Balaban J connectivity index is 1.83. The van der Waals surface area contributed by atoms with Crippen molar-refractivity contribution < 1.29 is 5.11 Å². The second-order valence-electron chi connectivity index (χ2n) is 5.06. The molecule has 6 heteroatoms. The van der Waals surface area contributed by atoms with Crippen LogP contribution in [0.1, 0.15) is 25.7 Å². The van der Waals surface area contributed by atoms with Crippen molar-refractivity contribution in [3.63, 3.8) is 0 Å². The van der Waals surface area contributed by atoms with Gasteiger partial charge in [-0.2, -0.15) is 9.97 Å². The number of nitrogen functional groups attached to an aromatic ring is 1. The summed E-state index contributed by atoms with van der Waals surface area (Å²) < 4.78 is 0. The number of hydrogen-bond donors (Lipinski definition) is 3. The van der Waals surface area contributed by atoms with Gasteiger partial charge in [0, 0.05) is 18.7 Å². The van der Waals surface area contributed by atoms with Crippen molar-refractivity contribution in [2.24, 2.45) is 0 Å². The number of aliphatic hydroxyl groups is 1. The van der Waals surface area contributed by atoms with Crippen molar-refractivity contribution in [2.75, 3.05) is 29.1 Å². The molecule has 6 nitrogen and oxygen atoms in total. The van der Waals surface area contributed by atoms with E-state index in [1.165, 1.54) is 12.8 Å². The highest BCUT2D eigenvalue weighted by Gasteiger charge is 2.26. The molecule has 0 amide bonds. The van der Waals surface area contributed by atoms with E-state index in [0.717, 1.165) is 31.0 Å². The van der Waals surface area contributed by atoms with Gasteiger partial charge in [0.15, 0.2) is 0 Å². The summed E-state index contributed by atoms with van der Waals surface area (Å²) in [4.78, 5) is 10.6. The Morgan fingerprint density at radius 3 is 2.94 bits per heavy atom. The lowest BCUT2D eigenvalue weighted by molar-refractivity contribution is 0.266. The van der Waals surface area contributed by atoms with Gasteiger partial charge >= 0.3 is 0 Å². The summed E-state index contributed by atoms with van der Waals surface area (Å²) in [5.41, 5.74) is 5.76. The van der Waals surface area contributed by atoms with E-state index in [-0.39, 0.29) is 12.6 Å². The average molecular weight is 249 g/mol. The largest absolute Gasteiger partial charge is 0.394 e. The number of aliphatic hydroxyl groups excluding tert-OH is 1. The molecular formula is C12H19N5O. The number of anilines is 3. The van der Waals surface area contributed by atoms with E-state index in [1.54, 1.807) is 0 Å². The molecule has 1 aromatic rings. The lowest BCUT2D eigenvalue weighted by atomic mass is 10.2. The van der Waals surface area contributed by atoms with E-state index in [0.29, 0.717) is 12.0 Å². The Morgan fingerprint density at radius 1 is 1.39 bits per heavy atom. The second kappa shape index (κ2) is 4.61. The zero-order valence-corrected chi connectivity index (χ0v) is 10.3. The molecule has 1 saturated carbocycles. The van der Waals surface area contributed by atoms with Gasteiger partial charge in [0.1, 0.15) is 11.6 Å². The highest BCUT2D eigenvalue weighted by atomic mass is 16.3. The molecule has 0 aromatic carbocycles. The van der Waals surface area contributed by atoms with Gasteiger partial charge in [0.2, 0.25) is 5.95 Å². The third-order valence-corrected chi connectivity index (χ3v) is 3.54. The molecule has 1 atom stereocenters. The van der Waals surface area contributed by atoms with E-state index >= 15 is 0 Å². The number of nitrogens with zero attached hydrogens (tertiary/aromatic N) is 3. The predicted octanol–water partition coefficient (Wildman–Crippen LogP) is 0.594. The summed E-state index contributed by atoms with van der Waals surface area (Å²) in [6.45, 7) is 1.08. The van der Waals surface area contributed by atoms with Crippen LogP contribution in [0.15, 0.2) is 6.07 Å². The quantitative estimate of drug-likeness (QED) is 0.724. The molecule has 1 aromatic heterocycles. The van der Waals surface area contributed by atoms with Crippen LogP contribution in [0.5, 0.6) is 0 Å². The Labute approximate surface area is 106 Å². The van der Waals surface area contributed by atoms with Crippen LogP contribution < -0.4 is 16.0 Å². The summed E-state index contributed by atoms with van der Waals surface area (Å²) in [6.07, 6.45) is 4.48. The van der Waals surface area contributed by atoms with E-state index in [1.807, 2.05) is 6.07 Å². The molecule has 0 bridgehead atoms. The van der Waals surface area contributed by atoms with Crippen molar-refractivity contribution in [1.82, 2.24) is 9.97 Å². The van der Waals surface area contributed by atoms with Crippen LogP contribution in [-0.4, -0.2) is 40.3 Å². The molecule has 1 unspecified atom stereocenters. The topological polar surface area (TPSA) is 87.3 Å². The smallest absolute Gasteiger partial charge is 0.223 e. The minimum atomic E-state index is 0.160.